The Bertz CT molecular complexity index is 333. The second-order valence-electron chi connectivity index (χ2n) is 3.07. The Hall–Kier alpha value is -1.07. The molecule has 0 nitrogen and oxygen atoms in total. The molecule has 14 heavy (non-hydrogen) atoms. The average molecular weight is 197 g/mol. The fourth-order valence-corrected chi connectivity index (χ4v) is 2.16. The molecule has 0 saturated carbocycles. The lowest BCUT2D eigenvalue weighted by atomic mass is 9.95. The van der Waals surface area contributed by atoms with Crippen LogP contribution in [-0.4, -0.2) is 7.00 Å². The van der Waals surface area contributed by atoms with Gasteiger partial charge in [0.25, 0.3) is 0 Å². The van der Waals surface area contributed by atoms with Crippen molar-refractivity contribution in [2.45, 2.75) is 0 Å². The fraction of sp³-hybridized carbons (Fsp3) is 0. The molecule has 0 amide bonds. The van der Waals surface area contributed by atoms with Crippen molar-refractivity contribution in [3.63, 3.8) is 0 Å². The van der Waals surface area contributed by atoms with Gasteiger partial charge in [0.1, 0.15) is 0 Å². The lowest BCUT2D eigenvalue weighted by Gasteiger charge is -1.99. The standard InChI is InChI=1S/C12H11BP/c1-3-7-11(8-4-1)13-14-12-9-5-2-6-10-12/h1-10,14H. The van der Waals surface area contributed by atoms with Crippen molar-refractivity contribution in [1.82, 2.24) is 0 Å². The number of hydrogen-bond acceptors (Lipinski definition) is 0. The summed E-state index contributed by atoms with van der Waals surface area (Å²) in [6.07, 6.45) is 0. The zero-order valence-corrected chi connectivity index (χ0v) is 8.85. The number of rotatable bonds is 3. The van der Waals surface area contributed by atoms with Crippen LogP contribution in [0.1, 0.15) is 0 Å². The van der Waals surface area contributed by atoms with E-state index < -0.39 is 0 Å². The van der Waals surface area contributed by atoms with E-state index in [9.17, 15) is 0 Å². The molecule has 0 aliphatic heterocycles. The van der Waals surface area contributed by atoms with Crippen LogP contribution in [0, 0.1) is 0 Å². The van der Waals surface area contributed by atoms with E-state index in [1.165, 1.54) is 10.8 Å². The van der Waals surface area contributed by atoms with Crippen molar-refractivity contribution in [3.05, 3.63) is 60.7 Å². The van der Waals surface area contributed by atoms with Crippen molar-refractivity contribution >= 4 is 26.2 Å². The van der Waals surface area contributed by atoms with Crippen LogP contribution in [0.4, 0.5) is 0 Å². The Morgan fingerprint density at radius 1 is 0.714 bits per heavy atom. The van der Waals surface area contributed by atoms with Crippen molar-refractivity contribution in [2.24, 2.45) is 0 Å². The van der Waals surface area contributed by atoms with Crippen LogP contribution < -0.4 is 10.8 Å². The second kappa shape index (κ2) is 4.98. The monoisotopic (exact) mass is 197 g/mol. The molecule has 1 radical (unpaired) electrons. The summed E-state index contributed by atoms with van der Waals surface area (Å²) >= 11 is 0. The van der Waals surface area contributed by atoms with Crippen LogP contribution in [-0.2, 0) is 0 Å². The predicted octanol–water partition coefficient (Wildman–Crippen LogP) is 1.94. The first-order valence-electron chi connectivity index (χ1n) is 4.65. The van der Waals surface area contributed by atoms with Gasteiger partial charge in [-0.25, -0.2) is 0 Å². The normalized spacial score (nSPS) is 10.6. The molecular weight excluding hydrogens is 186 g/mol. The molecule has 0 spiro atoms. The SMILES string of the molecule is [B](Pc1ccccc1)c1ccccc1. The molecule has 2 aromatic rings. The van der Waals surface area contributed by atoms with Gasteiger partial charge in [-0.3, -0.25) is 0 Å². The Morgan fingerprint density at radius 2 is 1.29 bits per heavy atom. The highest BCUT2D eigenvalue weighted by Gasteiger charge is 1.95. The van der Waals surface area contributed by atoms with Crippen LogP contribution in [0.5, 0.6) is 0 Å². The smallest absolute Gasteiger partial charge is 0.125 e. The van der Waals surface area contributed by atoms with E-state index in [1.54, 1.807) is 0 Å². The van der Waals surface area contributed by atoms with Gasteiger partial charge in [0, 0.05) is 0 Å². The maximum Gasteiger partial charge on any atom is 0.188 e. The summed E-state index contributed by atoms with van der Waals surface area (Å²) in [5, 5.41) is 1.39. The first kappa shape index (κ1) is 9.49. The molecule has 67 valence electrons. The van der Waals surface area contributed by atoms with E-state index in [2.05, 4.69) is 61.6 Å². The predicted molar refractivity (Wildman–Crippen MR) is 66.2 cm³/mol. The summed E-state index contributed by atoms with van der Waals surface area (Å²) < 4.78 is 0. The first-order chi connectivity index (χ1) is 6.95. The zero-order valence-electron chi connectivity index (χ0n) is 7.85. The molecule has 0 aromatic heterocycles. The molecule has 0 saturated heterocycles. The lowest BCUT2D eigenvalue weighted by molar-refractivity contribution is 1.77. The molecule has 0 N–H and O–H groups in total. The van der Waals surface area contributed by atoms with E-state index in [0.717, 1.165) is 8.46 Å². The van der Waals surface area contributed by atoms with Crippen LogP contribution in [0.25, 0.3) is 0 Å². The van der Waals surface area contributed by atoms with E-state index in [0.29, 0.717) is 0 Å². The van der Waals surface area contributed by atoms with Crippen LogP contribution >= 0.6 is 8.46 Å². The summed E-state index contributed by atoms with van der Waals surface area (Å²) in [6, 6.07) is 21.0. The van der Waals surface area contributed by atoms with Gasteiger partial charge in [0.05, 0.1) is 0 Å². The second-order valence-corrected chi connectivity index (χ2v) is 4.22. The van der Waals surface area contributed by atoms with Gasteiger partial charge in [-0.2, -0.15) is 0 Å². The molecular formula is C12H11BP. The van der Waals surface area contributed by atoms with Gasteiger partial charge in [-0.1, -0.05) is 66.1 Å². The van der Waals surface area contributed by atoms with Gasteiger partial charge < -0.3 is 0 Å². The van der Waals surface area contributed by atoms with Gasteiger partial charge in [0.15, 0.2) is 7.00 Å². The minimum Gasteiger partial charge on any atom is -0.125 e. The Labute approximate surface area is 87.3 Å². The highest BCUT2D eigenvalue weighted by Crippen LogP contribution is 2.05. The third kappa shape index (κ3) is 2.72. The maximum atomic E-state index is 2.27. The van der Waals surface area contributed by atoms with Gasteiger partial charge in [0.2, 0.25) is 0 Å². The number of hydrogen-bond donors (Lipinski definition) is 0. The van der Waals surface area contributed by atoms with Crippen molar-refractivity contribution in [3.8, 4) is 0 Å². The van der Waals surface area contributed by atoms with Gasteiger partial charge in [-0.05, 0) is 5.30 Å². The summed E-state index contributed by atoms with van der Waals surface area (Å²) in [6.45, 7) is 2.27. The summed E-state index contributed by atoms with van der Waals surface area (Å²) in [4.78, 5) is 0. The van der Waals surface area contributed by atoms with Crippen molar-refractivity contribution < 1.29 is 0 Å². The van der Waals surface area contributed by atoms with Crippen LogP contribution in [0.2, 0.25) is 0 Å². The Kier molecular flexibility index (Phi) is 3.37. The molecule has 2 rings (SSSR count). The summed E-state index contributed by atoms with van der Waals surface area (Å²) in [5.41, 5.74) is 1.30. The Morgan fingerprint density at radius 3 is 1.93 bits per heavy atom. The molecule has 0 bridgehead atoms. The van der Waals surface area contributed by atoms with E-state index in [4.69, 9.17) is 0 Å². The molecule has 0 fully saturated rings. The Balaban J connectivity index is 1.96. The highest BCUT2D eigenvalue weighted by atomic mass is 31.1. The molecule has 0 aliphatic rings. The largest absolute Gasteiger partial charge is 0.188 e. The molecule has 0 aliphatic carbocycles. The maximum absolute atomic E-state index is 2.27. The third-order valence-corrected chi connectivity index (χ3v) is 3.12. The minimum atomic E-state index is 0.757. The average Bonchev–Trinajstić information content (AvgIpc) is 2.29. The minimum absolute atomic E-state index is 0.757. The molecule has 0 heterocycles. The topological polar surface area (TPSA) is 0 Å². The lowest BCUT2D eigenvalue weighted by Crippen LogP contribution is -2.11. The molecule has 2 aromatic carbocycles. The van der Waals surface area contributed by atoms with E-state index in [-0.39, 0.29) is 0 Å². The van der Waals surface area contributed by atoms with Gasteiger partial charge >= 0.3 is 0 Å². The fourth-order valence-electron chi connectivity index (χ4n) is 1.25. The van der Waals surface area contributed by atoms with E-state index in [1.807, 2.05) is 6.07 Å². The third-order valence-electron chi connectivity index (χ3n) is 1.98. The highest BCUT2D eigenvalue weighted by molar-refractivity contribution is 7.79. The summed E-state index contributed by atoms with van der Waals surface area (Å²) in [7, 11) is 0.757. The van der Waals surface area contributed by atoms with Crippen molar-refractivity contribution in [2.75, 3.05) is 0 Å². The summed E-state index contributed by atoms with van der Waals surface area (Å²) in [5.74, 6) is 0. The molecule has 1 atom stereocenters. The zero-order chi connectivity index (χ0) is 9.64. The van der Waals surface area contributed by atoms with Crippen LogP contribution in [0.15, 0.2) is 60.7 Å². The van der Waals surface area contributed by atoms with Crippen LogP contribution in [0.3, 0.4) is 0 Å². The van der Waals surface area contributed by atoms with Crippen molar-refractivity contribution in [1.29, 1.82) is 0 Å². The first-order valence-corrected chi connectivity index (χ1v) is 5.73. The molecule has 2 heteroatoms. The molecule has 1 unspecified atom stereocenters. The van der Waals surface area contributed by atoms with E-state index >= 15 is 0 Å². The van der Waals surface area contributed by atoms with Gasteiger partial charge in [-0.15, -0.1) is 8.46 Å². The quantitative estimate of drug-likeness (QED) is 0.520. The number of benzene rings is 2.